The number of hydrogen-bond acceptors (Lipinski definition) is 4. The SMILES string of the molecule is Cc1cc(S(=O)(=O)Cl)ccc1OC(C)C(=O)N(C)C. The molecule has 0 radical (unpaired) electrons. The van der Waals surface area contributed by atoms with Gasteiger partial charge in [0.25, 0.3) is 15.0 Å². The number of amides is 1. The number of hydrogen-bond donors (Lipinski definition) is 0. The molecule has 0 heterocycles. The van der Waals surface area contributed by atoms with E-state index in [1.54, 1.807) is 27.9 Å². The van der Waals surface area contributed by atoms with E-state index in [9.17, 15) is 13.2 Å². The summed E-state index contributed by atoms with van der Waals surface area (Å²) in [5.41, 5.74) is 0.597. The predicted octanol–water partition coefficient (Wildman–Crippen LogP) is 1.78. The normalized spacial score (nSPS) is 12.9. The second kappa shape index (κ2) is 5.79. The van der Waals surface area contributed by atoms with E-state index in [1.165, 1.54) is 23.1 Å². The first-order valence-corrected chi connectivity index (χ1v) is 7.87. The Balaban J connectivity index is 2.96. The molecule has 5 nitrogen and oxygen atoms in total. The van der Waals surface area contributed by atoms with Crippen LogP contribution in [0.5, 0.6) is 5.75 Å². The summed E-state index contributed by atoms with van der Waals surface area (Å²) >= 11 is 0. The zero-order valence-electron chi connectivity index (χ0n) is 11.2. The summed E-state index contributed by atoms with van der Waals surface area (Å²) in [6, 6.07) is 4.24. The van der Waals surface area contributed by atoms with Gasteiger partial charge in [0.05, 0.1) is 4.90 Å². The average molecular weight is 306 g/mol. The summed E-state index contributed by atoms with van der Waals surface area (Å²) in [7, 11) is 4.77. The van der Waals surface area contributed by atoms with E-state index >= 15 is 0 Å². The van der Waals surface area contributed by atoms with Crippen LogP contribution in [0.2, 0.25) is 0 Å². The zero-order chi connectivity index (χ0) is 14.8. The van der Waals surface area contributed by atoms with E-state index in [4.69, 9.17) is 15.4 Å². The Labute approximate surface area is 117 Å². The molecule has 19 heavy (non-hydrogen) atoms. The highest BCUT2D eigenvalue weighted by Gasteiger charge is 2.18. The minimum absolute atomic E-state index is 0.00519. The lowest BCUT2D eigenvalue weighted by Gasteiger charge is -2.19. The number of likely N-dealkylation sites (N-methyl/N-ethyl adjacent to an activating group) is 1. The van der Waals surface area contributed by atoms with Gasteiger partial charge in [0.1, 0.15) is 5.75 Å². The highest BCUT2D eigenvalue weighted by molar-refractivity contribution is 8.13. The fraction of sp³-hybridized carbons (Fsp3) is 0.417. The highest BCUT2D eigenvalue weighted by atomic mass is 35.7. The number of carbonyl (C=O) groups excluding carboxylic acids is 1. The molecule has 1 aromatic carbocycles. The van der Waals surface area contributed by atoms with Crippen molar-refractivity contribution < 1.29 is 17.9 Å². The van der Waals surface area contributed by atoms with Crippen LogP contribution in [0.25, 0.3) is 0 Å². The summed E-state index contributed by atoms with van der Waals surface area (Å²) in [6.07, 6.45) is -0.646. The smallest absolute Gasteiger partial charge is 0.262 e. The Bertz CT molecular complexity index is 583. The first-order chi connectivity index (χ1) is 8.62. The van der Waals surface area contributed by atoms with Crippen molar-refractivity contribution in [2.24, 2.45) is 0 Å². The van der Waals surface area contributed by atoms with Crippen molar-refractivity contribution in [2.75, 3.05) is 14.1 Å². The van der Waals surface area contributed by atoms with Crippen LogP contribution in [0.15, 0.2) is 23.1 Å². The van der Waals surface area contributed by atoms with Crippen molar-refractivity contribution in [3.63, 3.8) is 0 Å². The molecule has 0 N–H and O–H groups in total. The summed E-state index contributed by atoms with van der Waals surface area (Å²) in [6.45, 7) is 3.32. The number of aryl methyl sites for hydroxylation is 1. The van der Waals surface area contributed by atoms with Crippen molar-refractivity contribution in [3.8, 4) is 5.75 Å². The molecule has 0 spiro atoms. The highest BCUT2D eigenvalue weighted by Crippen LogP contribution is 2.24. The molecule has 1 aromatic rings. The summed E-state index contributed by atoms with van der Waals surface area (Å²) in [5, 5.41) is 0. The van der Waals surface area contributed by atoms with Crippen LogP contribution in [0.4, 0.5) is 0 Å². The number of ether oxygens (including phenoxy) is 1. The van der Waals surface area contributed by atoms with E-state index in [2.05, 4.69) is 0 Å². The summed E-state index contributed by atoms with van der Waals surface area (Å²) in [4.78, 5) is 13.1. The lowest BCUT2D eigenvalue weighted by atomic mass is 10.2. The molecule has 0 aliphatic rings. The van der Waals surface area contributed by atoms with E-state index in [0.717, 1.165) is 0 Å². The van der Waals surface area contributed by atoms with E-state index < -0.39 is 15.2 Å². The Morgan fingerprint density at radius 3 is 2.37 bits per heavy atom. The third-order valence-corrected chi connectivity index (χ3v) is 3.87. The number of carbonyl (C=O) groups is 1. The van der Waals surface area contributed by atoms with Crippen LogP contribution < -0.4 is 4.74 Å². The lowest BCUT2D eigenvalue weighted by molar-refractivity contribution is -0.135. The van der Waals surface area contributed by atoms with Gasteiger partial charge in [-0.15, -0.1) is 0 Å². The van der Waals surface area contributed by atoms with Gasteiger partial charge in [-0.2, -0.15) is 0 Å². The van der Waals surface area contributed by atoms with Crippen LogP contribution in [0.3, 0.4) is 0 Å². The fourth-order valence-electron chi connectivity index (χ4n) is 1.51. The number of rotatable bonds is 4. The lowest BCUT2D eigenvalue weighted by Crippen LogP contribution is -2.35. The molecule has 0 fully saturated rings. The van der Waals surface area contributed by atoms with Gasteiger partial charge in [-0.3, -0.25) is 4.79 Å². The quantitative estimate of drug-likeness (QED) is 0.795. The van der Waals surface area contributed by atoms with E-state index in [1.807, 2.05) is 0 Å². The third kappa shape index (κ3) is 4.11. The monoisotopic (exact) mass is 305 g/mol. The molecule has 7 heteroatoms. The van der Waals surface area contributed by atoms with Gasteiger partial charge >= 0.3 is 0 Å². The van der Waals surface area contributed by atoms with Crippen LogP contribution >= 0.6 is 10.7 Å². The van der Waals surface area contributed by atoms with Crippen molar-refractivity contribution in [1.82, 2.24) is 4.90 Å². The maximum absolute atomic E-state index is 11.7. The van der Waals surface area contributed by atoms with Crippen LogP contribution in [-0.4, -0.2) is 39.4 Å². The maximum atomic E-state index is 11.7. The molecular formula is C12H16ClNO4S. The molecule has 106 valence electrons. The van der Waals surface area contributed by atoms with Gasteiger partial charge in [-0.05, 0) is 37.6 Å². The second-order valence-corrected chi connectivity index (χ2v) is 6.92. The molecule has 1 amide bonds. The summed E-state index contributed by atoms with van der Waals surface area (Å²) < 4.78 is 27.9. The standard InChI is InChI=1S/C12H16ClNO4S/c1-8-7-10(19(13,16)17)5-6-11(8)18-9(2)12(15)14(3)4/h5-7,9H,1-4H3. The molecule has 0 aromatic heterocycles. The molecule has 0 bridgehead atoms. The Morgan fingerprint density at radius 2 is 1.95 bits per heavy atom. The Morgan fingerprint density at radius 1 is 1.37 bits per heavy atom. The largest absolute Gasteiger partial charge is 0.481 e. The number of benzene rings is 1. The number of nitrogens with zero attached hydrogens (tertiary/aromatic N) is 1. The molecule has 0 saturated carbocycles. The second-order valence-electron chi connectivity index (χ2n) is 4.36. The topological polar surface area (TPSA) is 63.7 Å². The number of halogens is 1. The van der Waals surface area contributed by atoms with Gasteiger partial charge in [-0.25, -0.2) is 8.42 Å². The fourth-order valence-corrected chi connectivity index (χ4v) is 2.35. The van der Waals surface area contributed by atoms with Gasteiger partial charge < -0.3 is 9.64 Å². The molecule has 1 atom stereocenters. The maximum Gasteiger partial charge on any atom is 0.262 e. The first kappa shape index (κ1) is 15.8. The van der Waals surface area contributed by atoms with Gasteiger partial charge in [0, 0.05) is 24.8 Å². The average Bonchev–Trinajstić information content (AvgIpc) is 2.29. The summed E-state index contributed by atoms with van der Waals surface area (Å²) in [5.74, 6) is 0.278. The van der Waals surface area contributed by atoms with Crippen LogP contribution in [-0.2, 0) is 13.8 Å². The van der Waals surface area contributed by atoms with Crippen molar-refractivity contribution in [2.45, 2.75) is 24.8 Å². The minimum Gasteiger partial charge on any atom is -0.481 e. The third-order valence-electron chi connectivity index (χ3n) is 2.52. The van der Waals surface area contributed by atoms with Crippen LogP contribution in [0, 0.1) is 6.92 Å². The molecule has 1 unspecified atom stereocenters. The molecule has 1 rings (SSSR count). The molecular weight excluding hydrogens is 290 g/mol. The molecule has 0 aliphatic heterocycles. The Hall–Kier alpha value is -1.27. The van der Waals surface area contributed by atoms with E-state index in [-0.39, 0.29) is 10.8 Å². The van der Waals surface area contributed by atoms with Crippen LogP contribution in [0.1, 0.15) is 12.5 Å². The van der Waals surface area contributed by atoms with Gasteiger partial charge in [0.15, 0.2) is 6.10 Å². The predicted molar refractivity (Wildman–Crippen MR) is 73.0 cm³/mol. The molecule has 0 aliphatic carbocycles. The van der Waals surface area contributed by atoms with E-state index in [0.29, 0.717) is 11.3 Å². The van der Waals surface area contributed by atoms with Crippen molar-refractivity contribution in [1.29, 1.82) is 0 Å². The zero-order valence-corrected chi connectivity index (χ0v) is 12.7. The molecule has 0 saturated heterocycles. The van der Waals surface area contributed by atoms with Crippen molar-refractivity contribution in [3.05, 3.63) is 23.8 Å². The van der Waals surface area contributed by atoms with Crippen molar-refractivity contribution >= 4 is 25.6 Å². The van der Waals surface area contributed by atoms with Gasteiger partial charge in [0.2, 0.25) is 0 Å². The van der Waals surface area contributed by atoms with Gasteiger partial charge in [-0.1, -0.05) is 0 Å². The Kier molecular flexibility index (Phi) is 4.81. The minimum atomic E-state index is -3.76. The first-order valence-electron chi connectivity index (χ1n) is 5.56.